The van der Waals surface area contributed by atoms with Crippen LogP contribution in [-0.2, 0) is 24.3 Å². The molecule has 1 aliphatic carbocycles. The number of carbonyl (C=O) groups is 2. The molecule has 0 aromatic heterocycles. The Hall–Kier alpha value is -2.45. The number of esters is 1. The summed E-state index contributed by atoms with van der Waals surface area (Å²) in [6.07, 6.45) is 3.77. The Morgan fingerprint density at radius 2 is 1.68 bits per heavy atom. The zero-order valence-electron chi connectivity index (χ0n) is 17.7. The van der Waals surface area contributed by atoms with Crippen LogP contribution in [0.1, 0.15) is 38.5 Å². The van der Waals surface area contributed by atoms with E-state index in [4.69, 9.17) is 4.74 Å². The van der Waals surface area contributed by atoms with E-state index in [1.165, 1.54) is 11.4 Å². The molecular formula is C23H28N2O5S. The molecule has 0 atom stereocenters. The number of hydrogen-bond acceptors (Lipinski definition) is 5. The van der Waals surface area contributed by atoms with Crippen molar-refractivity contribution in [2.24, 2.45) is 5.92 Å². The number of fused-ring (bicyclic) bond motifs is 1. The molecule has 0 bridgehead atoms. The molecule has 0 spiro atoms. The first-order valence-corrected chi connectivity index (χ1v) is 12.2. The Kier molecular flexibility index (Phi) is 6.03. The van der Waals surface area contributed by atoms with E-state index in [0.717, 1.165) is 23.6 Å². The van der Waals surface area contributed by atoms with Gasteiger partial charge in [-0.05, 0) is 48.6 Å². The number of hydrogen-bond donors (Lipinski definition) is 1. The molecule has 1 heterocycles. The topological polar surface area (TPSA) is 92.8 Å². The zero-order valence-corrected chi connectivity index (χ0v) is 18.5. The quantitative estimate of drug-likeness (QED) is 0.716. The van der Waals surface area contributed by atoms with Crippen LogP contribution in [-0.4, -0.2) is 50.3 Å². The van der Waals surface area contributed by atoms with Crippen molar-refractivity contribution in [1.82, 2.24) is 9.62 Å². The summed E-state index contributed by atoms with van der Waals surface area (Å²) in [5, 5.41) is 4.80. The molecule has 1 N–H and O–H groups in total. The Bertz CT molecular complexity index is 1080. The van der Waals surface area contributed by atoms with Gasteiger partial charge in [0.2, 0.25) is 15.9 Å². The average Bonchev–Trinajstić information content (AvgIpc) is 3.27. The Morgan fingerprint density at radius 3 is 2.32 bits per heavy atom. The van der Waals surface area contributed by atoms with Crippen LogP contribution < -0.4 is 5.32 Å². The number of rotatable bonds is 5. The van der Waals surface area contributed by atoms with Crippen LogP contribution in [0.4, 0.5) is 0 Å². The lowest BCUT2D eigenvalue weighted by molar-refractivity contribution is -0.151. The second-order valence-electron chi connectivity index (χ2n) is 8.46. The Balaban J connectivity index is 1.42. The molecular weight excluding hydrogens is 416 g/mol. The van der Waals surface area contributed by atoms with Gasteiger partial charge in [-0.3, -0.25) is 4.79 Å². The summed E-state index contributed by atoms with van der Waals surface area (Å²) in [5.74, 6) is -0.894. The molecule has 166 valence electrons. The number of nitrogens with one attached hydrogen (secondary N) is 1. The second-order valence-corrected chi connectivity index (χ2v) is 10.4. The fourth-order valence-electron chi connectivity index (χ4n) is 4.73. The maximum absolute atomic E-state index is 13.1. The van der Waals surface area contributed by atoms with E-state index in [2.05, 4.69) is 5.32 Å². The molecule has 0 radical (unpaired) electrons. The van der Waals surface area contributed by atoms with Gasteiger partial charge < -0.3 is 10.1 Å². The summed E-state index contributed by atoms with van der Waals surface area (Å²) in [6, 6.07) is 12.8. The SMILES string of the molecule is COC(=O)C1(NC(=O)C2CCN(S(=O)(=O)c3ccc4ccccc4c3)CC2)CCCC1. The monoisotopic (exact) mass is 444 g/mol. The summed E-state index contributed by atoms with van der Waals surface area (Å²) in [6.45, 7) is 0.553. The van der Waals surface area contributed by atoms with Gasteiger partial charge >= 0.3 is 5.97 Å². The first-order valence-electron chi connectivity index (χ1n) is 10.8. The molecule has 0 unspecified atom stereocenters. The van der Waals surface area contributed by atoms with Gasteiger partial charge in [-0.25, -0.2) is 13.2 Å². The number of methoxy groups -OCH3 is 1. The standard InChI is InChI=1S/C23H28N2O5S/c1-30-22(27)23(12-4-5-13-23)24-21(26)18-10-14-25(15-11-18)31(28,29)20-9-8-17-6-2-3-7-19(17)16-20/h2-3,6-9,16,18H,4-5,10-15H2,1H3,(H,24,26). The van der Waals surface area contributed by atoms with Crippen LogP contribution in [0.3, 0.4) is 0 Å². The average molecular weight is 445 g/mol. The molecule has 7 nitrogen and oxygen atoms in total. The van der Waals surface area contributed by atoms with Gasteiger partial charge in [0.15, 0.2) is 0 Å². The lowest BCUT2D eigenvalue weighted by Gasteiger charge is -2.33. The van der Waals surface area contributed by atoms with Crippen molar-refractivity contribution in [3.8, 4) is 0 Å². The molecule has 2 aromatic rings. The smallest absolute Gasteiger partial charge is 0.331 e. The van der Waals surface area contributed by atoms with Gasteiger partial charge in [-0.1, -0.05) is 43.2 Å². The molecule has 4 rings (SSSR count). The predicted octanol–water partition coefficient (Wildman–Crippen LogP) is 2.84. The van der Waals surface area contributed by atoms with E-state index in [0.29, 0.717) is 25.7 Å². The Morgan fingerprint density at radius 1 is 1.03 bits per heavy atom. The van der Waals surface area contributed by atoms with Crippen LogP contribution in [0, 0.1) is 5.92 Å². The fraction of sp³-hybridized carbons (Fsp3) is 0.478. The van der Waals surface area contributed by atoms with Crippen molar-refractivity contribution >= 4 is 32.7 Å². The lowest BCUT2D eigenvalue weighted by atomic mass is 9.92. The molecule has 31 heavy (non-hydrogen) atoms. The summed E-state index contributed by atoms with van der Waals surface area (Å²) < 4.78 is 32.6. The Labute approximate surface area is 182 Å². The number of amides is 1. The van der Waals surface area contributed by atoms with Crippen molar-refractivity contribution in [1.29, 1.82) is 0 Å². The van der Waals surface area contributed by atoms with Crippen molar-refractivity contribution in [3.63, 3.8) is 0 Å². The van der Waals surface area contributed by atoms with Gasteiger partial charge in [-0.15, -0.1) is 0 Å². The summed E-state index contributed by atoms with van der Waals surface area (Å²) >= 11 is 0. The molecule has 1 saturated heterocycles. The highest BCUT2D eigenvalue weighted by molar-refractivity contribution is 7.89. The van der Waals surface area contributed by atoms with E-state index in [1.54, 1.807) is 12.1 Å². The third kappa shape index (κ3) is 4.19. The largest absolute Gasteiger partial charge is 0.467 e. The number of ether oxygens (including phenoxy) is 1. The second kappa shape index (κ2) is 8.59. The summed E-state index contributed by atoms with van der Waals surface area (Å²) in [5.41, 5.74) is -0.930. The highest BCUT2D eigenvalue weighted by Crippen LogP contribution is 2.32. The van der Waals surface area contributed by atoms with E-state index in [9.17, 15) is 18.0 Å². The summed E-state index contributed by atoms with van der Waals surface area (Å²) in [7, 11) is -2.29. The van der Waals surface area contributed by atoms with Crippen LogP contribution >= 0.6 is 0 Å². The minimum absolute atomic E-state index is 0.185. The summed E-state index contributed by atoms with van der Waals surface area (Å²) in [4.78, 5) is 25.4. The molecule has 2 fully saturated rings. The van der Waals surface area contributed by atoms with Crippen molar-refractivity contribution in [3.05, 3.63) is 42.5 Å². The van der Waals surface area contributed by atoms with Crippen LogP contribution in [0.5, 0.6) is 0 Å². The third-order valence-corrected chi connectivity index (χ3v) is 8.47. The van der Waals surface area contributed by atoms with E-state index in [-0.39, 0.29) is 29.8 Å². The maximum Gasteiger partial charge on any atom is 0.331 e. The van der Waals surface area contributed by atoms with Crippen LogP contribution in [0.15, 0.2) is 47.4 Å². The first-order chi connectivity index (χ1) is 14.9. The van der Waals surface area contributed by atoms with Crippen LogP contribution in [0.2, 0.25) is 0 Å². The highest BCUT2D eigenvalue weighted by Gasteiger charge is 2.45. The molecule has 2 aromatic carbocycles. The zero-order chi connectivity index (χ0) is 22.1. The number of benzene rings is 2. The minimum Gasteiger partial charge on any atom is -0.467 e. The van der Waals surface area contributed by atoms with Gasteiger partial charge in [0.05, 0.1) is 12.0 Å². The van der Waals surface area contributed by atoms with Gasteiger partial charge in [-0.2, -0.15) is 4.31 Å². The predicted molar refractivity (Wildman–Crippen MR) is 117 cm³/mol. The number of nitrogens with zero attached hydrogens (tertiary/aromatic N) is 1. The lowest BCUT2D eigenvalue weighted by Crippen LogP contribution is -2.55. The minimum atomic E-state index is -3.63. The van der Waals surface area contributed by atoms with E-state index in [1.807, 2.05) is 30.3 Å². The molecule has 1 saturated carbocycles. The van der Waals surface area contributed by atoms with Crippen molar-refractivity contribution in [2.45, 2.75) is 49.0 Å². The maximum atomic E-state index is 13.1. The number of sulfonamides is 1. The number of piperidine rings is 1. The molecule has 8 heteroatoms. The van der Waals surface area contributed by atoms with Gasteiger partial charge in [0.25, 0.3) is 0 Å². The van der Waals surface area contributed by atoms with Gasteiger partial charge in [0.1, 0.15) is 5.54 Å². The first kappa shape index (κ1) is 21.8. The molecule has 1 aliphatic heterocycles. The van der Waals surface area contributed by atoms with Crippen LogP contribution in [0.25, 0.3) is 10.8 Å². The number of carbonyl (C=O) groups excluding carboxylic acids is 2. The van der Waals surface area contributed by atoms with E-state index < -0.39 is 21.5 Å². The highest BCUT2D eigenvalue weighted by atomic mass is 32.2. The van der Waals surface area contributed by atoms with Crippen molar-refractivity contribution in [2.75, 3.05) is 20.2 Å². The molecule has 2 aliphatic rings. The van der Waals surface area contributed by atoms with Gasteiger partial charge in [0, 0.05) is 19.0 Å². The molecule has 1 amide bonds. The normalized spacial score (nSPS) is 19.9. The third-order valence-electron chi connectivity index (χ3n) is 6.58. The fourth-order valence-corrected chi connectivity index (χ4v) is 6.23. The van der Waals surface area contributed by atoms with Crippen molar-refractivity contribution < 1.29 is 22.7 Å². The van der Waals surface area contributed by atoms with E-state index >= 15 is 0 Å².